The van der Waals surface area contributed by atoms with Gasteiger partial charge in [0.05, 0.1) is 12.7 Å². The molecular formula is C18H29N3O2. The van der Waals surface area contributed by atoms with E-state index in [-0.39, 0.29) is 12.0 Å². The number of ether oxygens (including phenoxy) is 1. The van der Waals surface area contributed by atoms with Gasteiger partial charge in [0.25, 0.3) is 5.91 Å². The predicted molar refractivity (Wildman–Crippen MR) is 94.1 cm³/mol. The van der Waals surface area contributed by atoms with E-state index in [0.717, 1.165) is 31.9 Å². The number of hydrogen-bond acceptors (Lipinski definition) is 4. The Kier molecular flexibility index (Phi) is 6.42. The van der Waals surface area contributed by atoms with E-state index in [1.165, 1.54) is 0 Å². The molecule has 5 heteroatoms. The Morgan fingerprint density at radius 3 is 2.65 bits per heavy atom. The summed E-state index contributed by atoms with van der Waals surface area (Å²) in [5, 5.41) is 2.99. The van der Waals surface area contributed by atoms with Crippen LogP contribution >= 0.6 is 0 Å². The van der Waals surface area contributed by atoms with Gasteiger partial charge in [0, 0.05) is 51.5 Å². The van der Waals surface area contributed by atoms with E-state index in [0.29, 0.717) is 18.0 Å². The SMILES string of the molecule is CC(C)CN1CCOC(CNC(=O)c2ccc(N(C)C)cc2)C1. The molecule has 1 N–H and O–H groups in total. The maximum Gasteiger partial charge on any atom is 0.251 e. The Balaban J connectivity index is 1.81. The smallest absolute Gasteiger partial charge is 0.251 e. The van der Waals surface area contributed by atoms with Crippen LogP contribution in [0.1, 0.15) is 24.2 Å². The van der Waals surface area contributed by atoms with Crippen molar-refractivity contribution in [1.82, 2.24) is 10.2 Å². The van der Waals surface area contributed by atoms with E-state index < -0.39 is 0 Å². The highest BCUT2D eigenvalue weighted by Crippen LogP contribution is 2.12. The zero-order valence-electron chi connectivity index (χ0n) is 14.7. The van der Waals surface area contributed by atoms with Crippen molar-refractivity contribution in [3.8, 4) is 0 Å². The molecule has 0 bridgehead atoms. The predicted octanol–water partition coefficient (Wildman–Crippen LogP) is 1.84. The first-order valence-electron chi connectivity index (χ1n) is 8.35. The van der Waals surface area contributed by atoms with Gasteiger partial charge in [0.1, 0.15) is 0 Å². The molecule has 2 rings (SSSR count). The Bertz CT molecular complexity index is 499. The summed E-state index contributed by atoms with van der Waals surface area (Å²) in [6.07, 6.45) is 0.0764. The Morgan fingerprint density at radius 1 is 1.35 bits per heavy atom. The number of amides is 1. The zero-order chi connectivity index (χ0) is 16.8. The van der Waals surface area contributed by atoms with Crippen molar-refractivity contribution in [3.63, 3.8) is 0 Å². The van der Waals surface area contributed by atoms with E-state index in [1.54, 1.807) is 0 Å². The number of anilines is 1. The van der Waals surface area contributed by atoms with Gasteiger partial charge in [0.2, 0.25) is 0 Å². The number of carbonyl (C=O) groups is 1. The average molecular weight is 319 g/mol. The third-order valence-corrected chi connectivity index (χ3v) is 3.98. The number of nitrogens with one attached hydrogen (secondary N) is 1. The van der Waals surface area contributed by atoms with Crippen molar-refractivity contribution in [2.45, 2.75) is 20.0 Å². The van der Waals surface area contributed by atoms with E-state index in [4.69, 9.17) is 4.74 Å². The molecule has 1 saturated heterocycles. The Hall–Kier alpha value is -1.59. The molecule has 0 aliphatic carbocycles. The van der Waals surface area contributed by atoms with Crippen LogP contribution < -0.4 is 10.2 Å². The van der Waals surface area contributed by atoms with Crippen LogP contribution in [0.15, 0.2) is 24.3 Å². The van der Waals surface area contributed by atoms with Crippen molar-refractivity contribution in [3.05, 3.63) is 29.8 Å². The molecule has 128 valence electrons. The molecular weight excluding hydrogens is 290 g/mol. The second kappa shape index (κ2) is 8.31. The summed E-state index contributed by atoms with van der Waals surface area (Å²) in [6, 6.07) is 7.63. The fraction of sp³-hybridized carbons (Fsp3) is 0.611. The molecule has 0 radical (unpaired) electrons. The van der Waals surface area contributed by atoms with Crippen LogP contribution in [0.2, 0.25) is 0 Å². The maximum atomic E-state index is 12.2. The van der Waals surface area contributed by atoms with Crippen molar-refractivity contribution in [1.29, 1.82) is 0 Å². The highest BCUT2D eigenvalue weighted by molar-refractivity contribution is 5.94. The third-order valence-electron chi connectivity index (χ3n) is 3.98. The first-order chi connectivity index (χ1) is 11.0. The summed E-state index contributed by atoms with van der Waals surface area (Å²) in [6.45, 7) is 8.70. The first kappa shape index (κ1) is 17.8. The number of hydrogen-bond donors (Lipinski definition) is 1. The molecule has 0 spiro atoms. The van der Waals surface area contributed by atoms with Crippen molar-refractivity contribution >= 4 is 11.6 Å². The fourth-order valence-electron chi connectivity index (χ4n) is 2.81. The van der Waals surface area contributed by atoms with Crippen LogP contribution in [-0.4, -0.2) is 63.8 Å². The number of benzene rings is 1. The minimum Gasteiger partial charge on any atom is -0.378 e. The normalized spacial score (nSPS) is 18.9. The van der Waals surface area contributed by atoms with Crippen molar-refractivity contribution in [2.24, 2.45) is 5.92 Å². The van der Waals surface area contributed by atoms with Gasteiger partial charge in [-0.1, -0.05) is 13.8 Å². The van der Waals surface area contributed by atoms with Crippen molar-refractivity contribution in [2.75, 3.05) is 51.8 Å². The second-order valence-electron chi connectivity index (χ2n) is 6.80. The number of carbonyl (C=O) groups excluding carboxylic acids is 1. The molecule has 1 aliphatic heterocycles. The summed E-state index contributed by atoms with van der Waals surface area (Å²) in [7, 11) is 3.97. The lowest BCUT2D eigenvalue weighted by Crippen LogP contribution is -2.48. The Labute approximate surface area is 139 Å². The quantitative estimate of drug-likeness (QED) is 0.869. The van der Waals surface area contributed by atoms with Crippen LogP contribution in [0, 0.1) is 5.92 Å². The lowest BCUT2D eigenvalue weighted by molar-refractivity contribution is -0.0295. The molecule has 23 heavy (non-hydrogen) atoms. The Morgan fingerprint density at radius 2 is 2.04 bits per heavy atom. The molecule has 0 aromatic heterocycles. The van der Waals surface area contributed by atoms with Crippen LogP contribution in [0.3, 0.4) is 0 Å². The molecule has 1 atom stereocenters. The van der Waals surface area contributed by atoms with E-state index >= 15 is 0 Å². The molecule has 1 aromatic carbocycles. The van der Waals surface area contributed by atoms with Gasteiger partial charge in [-0.15, -0.1) is 0 Å². The molecule has 1 fully saturated rings. The van der Waals surface area contributed by atoms with Crippen LogP contribution in [0.4, 0.5) is 5.69 Å². The largest absolute Gasteiger partial charge is 0.378 e. The second-order valence-corrected chi connectivity index (χ2v) is 6.80. The van der Waals surface area contributed by atoms with Crippen molar-refractivity contribution < 1.29 is 9.53 Å². The molecule has 1 amide bonds. The number of nitrogens with zero attached hydrogens (tertiary/aromatic N) is 2. The molecule has 1 aromatic rings. The minimum atomic E-state index is -0.0418. The summed E-state index contributed by atoms with van der Waals surface area (Å²) in [5.41, 5.74) is 1.77. The lowest BCUT2D eigenvalue weighted by atomic mass is 10.1. The van der Waals surface area contributed by atoms with Gasteiger partial charge in [-0.25, -0.2) is 0 Å². The highest BCUT2D eigenvalue weighted by Gasteiger charge is 2.21. The topological polar surface area (TPSA) is 44.8 Å². The average Bonchev–Trinajstić information content (AvgIpc) is 2.52. The molecule has 1 heterocycles. The highest BCUT2D eigenvalue weighted by atomic mass is 16.5. The van der Waals surface area contributed by atoms with Crippen LogP contribution in [0.5, 0.6) is 0 Å². The van der Waals surface area contributed by atoms with Gasteiger partial charge >= 0.3 is 0 Å². The summed E-state index contributed by atoms with van der Waals surface area (Å²) < 4.78 is 5.76. The van der Waals surface area contributed by atoms with E-state index in [2.05, 4.69) is 24.1 Å². The van der Waals surface area contributed by atoms with Gasteiger partial charge in [0.15, 0.2) is 0 Å². The van der Waals surface area contributed by atoms with Gasteiger partial charge < -0.3 is 15.0 Å². The molecule has 5 nitrogen and oxygen atoms in total. The first-order valence-corrected chi connectivity index (χ1v) is 8.35. The van der Waals surface area contributed by atoms with Crippen LogP contribution in [-0.2, 0) is 4.74 Å². The monoisotopic (exact) mass is 319 g/mol. The summed E-state index contributed by atoms with van der Waals surface area (Å²) in [4.78, 5) is 16.7. The standard InChI is InChI=1S/C18H29N3O2/c1-14(2)12-21-9-10-23-17(13-21)11-19-18(22)15-5-7-16(8-6-15)20(3)4/h5-8,14,17H,9-13H2,1-4H3,(H,19,22). The molecule has 0 saturated carbocycles. The maximum absolute atomic E-state index is 12.2. The minimum absolute atomic E-state index is 0.0418. The number of morpholine rings is 1. The zero-order valence-corrected chi connectivity index (χ0v) is 14.7. The van der Waals surface area contributed by atoms with Crippen LogP contribution in [0.25, 0.3) is 0 Å². The molecule has 1 unspecified atom stereocenters. The van der Waals surface area contributed by atoms with Gasteiger partial charge in [-0.3, -0.25) is 9.69 Å². The van der Waals surface area contributed by atoms with E-state index in [9.17, 15) is 4.79 Å². The van der Waals surface area contributed by atoms with Gasteiger partial charge in [-0.05, 0) is 30.2 Å². The summed E-state index contributed by atoms with van der Waals surface area (Å²) in [5.74, 6) is 0.610. The molecule has 1 aliphatic rings. The lowest BCUT2D eigenvalue weighted by Gasteiger charge is -2.33. The fourth-order valence-corrected chi connectivity index (χ4v) is 2.81. The third kappa shape index (κ3) is 5.52. The summed E-state index contributed by atoms with van der Waals surface area (Å²) >= 11 is 0. The number of rotatable bonds is 6. The van der Waals surface area contributed by atoms with E-state index in [1.807, 2.05) is 43.3 Å². The van der Waals surface area contributed by atoms with Gasteiger partial charge in [-0.2, -0.15) is 0 Å².